The van der Waals surface area contributed by atoms with E-state index in [0.717, 1.165) is 36.2 Å². The molecule has 0 aromatic heterocycles. The SMILES string of the molecule is CCOc1cc(NC(=NC)NCC2CCCN(C)C2)ccc1OC. The highest BCUT2D eigenvalue weighted by molar-refractivity contribution is 5.93. The standard InChI is InChI=1S/C18H30N4O2/c1-5-24-17-11-15(8-9-16(17)23-4)21-18(19-2)20-12-14-7-6-10-22(3)13-14/h8-9,11,14H,5-7,10,12-13H2,1-4H3,(H2,19,20,21). The Balaban J connectivity index is 1.93. The predicted octanol–water partition coefficient (Wildman–Crippen LogP) is 2.42. The zero-order chi connectivity index (χ0) is 17.4. The van der Waals surface area contributed by atoms with Crippen LogP contribution in [-0.2, 0) is 0 Å². The topological polar surface area (TPSA) is 58.1 Å². The minimum absolute atomic E-state index is 0.599. The monoisotopic (exact) mass is 334 g/mol. The zero-order valence-corrected chi connectivity index (χ0v) is 15.3. The number of piperidine rings is 1. The number of nitrogens with one attached hydrogen (secondary N) is 2. The fourth-order valence-corrected chi connectivity index (χ4v) is 3.02. The Kier molecular flexibility index (Phi) is 7.18. The summed E-state index contributed by atoms with van der Waals surface area (Å²) in [7, 11) is 5.62. The van der Waals surface area contributed by atoms with E-state index in [1.54, 1.807) is 14.2 Å². The van der Waals surface area contributed by atoms with E-state index in [2.05, 4.69) is 27.6 Å². The van der Waals surface area contributed by atoms with Crippen molar-refractivity contribution in [2.24, 2.45) is 10.9 Å². The first-order valence-electron chi connectivity index (χ1n) is 8.63. The van der Waals surface area contributed by atoms with Gasteiger partial charge in [-0.3, -0.25) is 4.99 Å². The normalized spacial score (nSPS) is 19.0. The Morgan fingerprint density at radius 2 is 2.21 bits per heavy atom. The first-order valence-corrected chi connectivity index (χ1v) is 8.63. The molecule has 1 aromatic carbocycles. The zero-order valence-electron chi connectivity index (χ0n) is 15.3. The molecule has 1 aliphatic rings. The number of hydrogen-bond acceptors (Lipinski definition) is 4. The van der Waals surface area contributed by atoms with Gasteiger partial charge in [-0.05, 0) is 51.4 Å². The molecule has 2 N–H and O–H groups in total. The van der Waals surface area contributed by atoms with E-state index in [0.29, 0.717) is 12.5 Å². The summed E-state index contributed by atoms with van der Waals surface area (Å²) < 4.78 is 10.9. The summed E-state index contributed by atoms with van der Waals surface area (Å²) in [4.78, 5) is 6.71. The van der Waals surface area contributed by atoms with Gasteiger partial charge in [-0.2, -0.15) is 0 Å². The molecular weight excluding hydrogens is 304 g/mol. The van der Waals surface area contributed by atoms with Crippen LogP contribution < -0.4 is 20.1 Å². The summed E-state index contributed by atoms with van der Waals surface area (Å²) in [5.74, 6) is 2.90. The highest BCUT2D eigenvalue weighted by Gasteiger charge is 2.17. The van der Waals surface area contributed by atoms with Crippen molar-refractivity contribution in [2.45, 2.75) is 19.8 Å². The Morgan fingerprint density at radius 3 is 2.88 bits per heavy atom. The van der Waals surface area contributed by atoms with E-state index in [4.69, 9.17) is 9.47 Å². The van der Waals surface area contributed by atoms with Crippen LogP contribution in [0.15, 0.2) is 23.2 Å². The van der Waals surface area contributed by atoms with Crippen LogP contribution in [0.2, 0.25) is 0 Å². The van der Waals surface area contributed by atoms with Crippen molar-refractivity contribution in [3.63, 3.8) is 0 Å². The van der Waals surface area contributed by atoms with E-state index in [1.165, 1.54) is 19.4 Å². The molecule has 0 aliphatic carbocycles. The first kappa shape index (κ1) is 18.4. The van der Waals surface area contributed by atoms with Gasteiger partial charge in [0.15, 0.2) is 17.5 Å². The summed E-state index contributed by atoms with van der Waals surface area (Å²) >= 11 is 0. The molecule has 0 saturated carbocycles. The lowest BCUT2D eigenvalue weighted by atomic mass is 9.99. The molecule has 1 atom stereocenters. The van der Waals surface area contributed by atoms with Crippen LogP contribution in [0.1, 0.15) is 19.8 Å². The first-order chi connectivity index (χ1) is 11.7. The molecule has 0 radical (unpaired) electrons. The molecule has 1 saturated heterocycles. The fourth-order valence-electron chi connectivity index (χ4n) is 3.02. The molecule has 0 spiro atoms. The van der Waals surface area contributed by atoms with Crippen molar-refractivity contribution in [2.75, 3.05) is 52.8 Å². The van der Waals surface area contributed by atoms with Gasteiger partial charge >= 0.3 is 0 Å². The maximum atomic E-state index is 5.62. The summed E-state index contributed by atoms with van der Waals surface area (Å²) in [6.45, 7) is 5.83. The Hall–Kier alpha value is -1.95. The minimum Gasteiger partial charge on any atom is -0.493 e. The maximum absolute atomic E-state index is 5.62. The number of nitrogens with zero attached hydrogens (tertiary/aromatic N) is 2. The average Bonchev–Trinajstić information content (AvgIpc) is 2.59. The van der Waals surface area contributed by atoms with Gasteiger partial charge in [0.2, 0.25) is 0 Å². The minimum atomic E-state index is 0.599. The van der Waals surface area contributed by atoms with Crippen LogP contribution in [0, 0.1) is 5.92 Å². The van der Waals surface area contributed by atoms with E-state index >= 15 is 0 Å². The Morgan fingerprint density at radius 1 is 1.38 bits per heavy atom. The molecule has 24 heavy (non-hydrogen) atoms. The van der Waals surface area contributed by atoms with Gasteiger partial charge in [0.1, 0.15) is 0 Å². The number of guanidine groups is 1. The van der Waals surface area contributed by atoms with Gasteiger partial charge < -0.3 is 25.0 Å². The third-order valence-electron chi connectivity index (χ3n) is 4.23. The second-order valence-electron chi connectivity index (χ2n) is 6.15. The van der Waals surface area contributed by atoms with Gasteiger partial charge in [0, 0.05) is 31.9 Å². The molecule has 1 aliphatic heterocycles. The van der Waals surface area contributed by atoms with E-state index < -0.39 is 0 Å². The van der Waals surface area contributed by atoms with Crippen LogP contribution >= 0.6 is 0 Å². The summed E-state index contributed by atoms with van der Waals surface area (Å²) in [6.07, 6.45) is 2.54. The maximum Gasteiger partial charge on any atom is 0.195 e. The summed E-state index contributed by atoms with van der Waals surface area (Å²) in [6, 6.07) is 5.79. The van der Waals surface area contributed by atoms with E-state index in [9.17, 15) is 0 Å². The van der Waals surface area contributed by atoms with E-state index in [1.807, 2.05) is 25.1 Å². The van der Waals surface area contributed by atoms with Crippen LogP contribution in [0.5, 0.6) is 11.5 Å². The van der Waals surface area contributed by atoms with Crippen LogP contribution in [0.25, 0.3) is 0 Å². The highest BCUT2D eigenvalue weighted by atomic mass is 16.5. The number of ether oxygens (including phenoxy) is 2. The lowest BCUT2D eigenvalue weighted by Gasteiger charge is -2.30. The second kappa shape index (κ2) is 9.37. The molecule has 2 rings (SSSR count). The van der Waals surface area contributed by atoms with Crippen molar-refractivity contribution >= 4 is 11.6 Å². The molecule has 6 heteroatoms. The van der Waals surface area contributed by atoms with Crippen molar-refractivity contribution in [3.05, 3.63) is 18.2 Å². The summed E-state index contributed by atoms with van der Waals surface area (Å²) in [5, 5.41) is 6.75. The number of rotatable bonds is 6. The number of anilines is 1. The van der Waals surface area contributed by atoms with Crippen molar-refractivity contribution < 1.29 is 9.47 Å². The van der Waals surface area contributed by atoms with E-state index in [-0.39, 0.29) is 0 Å². The molecule has 1 aromatic rings. The lowest BCUT2D eigenvalue weighted by molar-refractivity contribution is 0.211. The molecule has 0 amide bonds. The van der Waals surface area contributed by atoms with Crippen LogP contribution in [-0.4, -0.2) is 58.3 Å². The second-order valence-corrected chi connectivity index (χ2v) is 6.15. The average molecular weight is 334 g/mol. The quantitative estimate of drug-likeness (QED) is 0.618. The molecule has 1 heterocycles. The number of methoxy groups -OCH3 is 1. The Bertz CT molecular complexity index is 548. The van der Waals surface area contributed by atoms with Gasteiger partial charge in [-0.1, -0.05) is 0 Å². The number of hydrogen-bond donors (Lipinski definition) is 2. The van der Waals surface area contributed by atoms with Crippen molar-refractivity contribution in [1.29, 1.82) is 0 Å². The fraction of sp³-hybridized carbons (Fsp3) is 0.611. The van der Waals surface area contributed by atoms with Gasteiger partial charge in [-0.25, -0.2) is 0 Å². The predicted molar refractivity (Wildman–Crippen MR) is 99.4 cm³/mol. The van der Waals surface area contributed by atoms with Crippen LogP contribution in [0.3, 0.4) is 0 Å². The van der Waals surface area contributed by atoms with Gasteiger partial charge in [0.05, 0.1) is 13.7 Å². The molecule has 1 unspecified atom stereocenters. The molecular formula is C18H30N4O2. The van der Waals surface area contributed by atoms with Crippen molar-refractivity contribution in [1.82, 2.24) is 10.2 Å². The number of likely N-dealkylation sites (tertiary alicyclic amines) is 1. The molecule has 1 fully saturated rings. The molecule has 134 valence electrons. The van der Waals surface area contributed by atoms with Gasteiger partial charge in [-0.15, -0.1) is 0 Å². The van der Waals surface area contributed by atoms with Gasteiger partial charge in [0.25, 0.3) is 0 Å². The van der Waals surface area contributed by atoms with Crippen LogP contribution in [0.4, 0.5) is 5.69 Å². The van der Waals surface area contributed by atoms with Crippen molar-refractivity contribution in [3.8, 4) is 11.5 Å². The summed E-state index contributed by atoms with van der Waals surface area (Å²) in [5.41, 5.74) is 0.924. The molecule has 0 bridgehead atoms. The molecule has 6 nitrogen and oxygen atoms in total. The number of benzene rings is 1. The Labute approximate surface area is 145 Å². The lowest BCUT2D eigenvalue weighted by Crippen LogP contribution is -2.41. The third-order valence-corrected chi connectivity index (χ3v) is 4.23. The smallest absolute Gasteiger partial charge is 0.195 e. The largest absolute Gasteiger partial charge is 0.493 e. The highest BCUT2D eigenvalue weighted by Crippen LogP contribution is 2.30. The third kappa shape index (κ3) is 5.30. The number of aliphatic imine (C=N–C) groups is 1.